The van der Waals surface area contributed by atoms with E-state index in [-0.39, 0.29) is 40.8 Å². The van der Waals surface area contributed by atoms with Gasteiger partial charge in [0, 0.05) is 12.1 Å². The lowest BCUT2D eigenvalue weighted by Gasteiger charge is -2.19. The molecule has 2 aromatic rings. The fourth-order valence-corrected chi connectivity index (χ4v) is 5.63. The van der Waals surface area contributed by atoms with Gasteiger partial charge in [-0.1, -0.05) is 71.6 Å². The molecular formula is C35H54O7. The molecule has 0 aromatic heterocycles. The van der Waals surface area contributed by atoms with E-state index in [4.69, 9.17) is 4.74 Å². The van der Waals surface area contributed by atoms with Gasteiger partial charge < -0.3 is 30.3 Å². The molecule has 0 aliphatic heterocycles. The third-order valence-electron chi connectivity index (χ3n) is 7.83. The molecule has 0 spiro atoms. The number of benzene rings is 2. The van der Waals surface area contributed by atoms with Crippen LogP contribution in [0.4, 0.5) is 0 Å². The average Bonchev–Trinajstić information content (AvgIpc) is 2.91. The van der Waals surface area contributed by atoms with Crippen LogP contribution >= 0.6 is 0 Å². The number of unbranched alkanes of at least 4 members (excludes halogenated alkanes) is 8. The Hall–Kier alpha value is -2.93. The van der Waals surface area contributed by atoms with Gasteiger partial charge in [-0.25, -0.2) is 4.79 Å². The molecule has 0 radical (unpaired) electrons. The van der Waals surface area contributed by atoms with E-state index in [1.54, 1.807) is 18.2 Å². The summed E-state index contributed by atoms with van der Waals surface area (Å²) in [4.78, 5) is 13.2. The van der Waals surface area contributed by atoms with Gasteiger partial charge in [0.1, 0.15) is 34.7 Å². The highest BCUT2D eigenvalue weighted by Crippen LogP contribution is 2.30. The third kappa shape index (κ3) is 13.8. The lowest BCUT2D eigenvalue weighted by molar-refractivity contribution is 0.0249. The number of esters is 1. The maximum Gasteiger partial charge on any atom is 0.342 e. The van der Waals surface area contributed by atoms with Crippen molar-refractivity contribution in [1.82, 2.24) is 0 Å². The van der Waals surface area contributed by atoms with Crippen LogP contribution in [0, 0.1) is 0 Å². The number of hydrogen-bond donors (Lipinski definition) is 5. The van der Waals surface area contributed by atoms with Crippen molar-refractivity contribution in [2.75, 3.05) is 0 Å². The molecule has 2 rings (SSSR count). The highest BCUT2D eigenvalue weighted by atomic mass is 16.5. The molecule has 5 N–H and O–H groups in total. The van der Waals surface area contributed by atoms with Gasteiger partial charge in [-0.3, -0.25) is 0 Å². The van der Waals surface area contributed by atoms with Crippen molar-refractivity contribution in [2.24, 2.45) is 0 Å². The number of phenolic OH excluding ortho intramolecular Hbond substituents is 4. The van der Waals surface area contributed by atoms with Crippen LogP contribution in [0.2, 0.25) is 0 Å². The Balaban J connectivity index is 1.78. The first-order chi connectivity index (χ1) is 20.2. The van der Waals surface area contributed by atoms with E-state index in [0.29, 0.717) is 12.0 Å². The van der Waals surface area contributed by atoms with Crippen LogP contribution in [0.25, 0.3) is 0 Å². The summed E-state index contributed by atoms with van der Waals surface area (Å²) in [6, 6.07) is 7.46. The molecule has 2 atom stereocenters. The van der Waals surface area contributed by atoms with Gasteiger partial charge >= 0.3 is 5.97 Å². The SMILES string of the molecule is CCCC(O)CCCCCCCc1cc(O)cc(O)c1C(=O)OC(CCC)CCCCCCCc1cc(O)cc(O)c1. The fourth-order valence-electron chi connectivity index (χ4n) is 5.63. The van der Waals surface area contributed by atoms with Crippen molar-refractivity contribution in [3.63, 3.8) is 0 Å². The second kappa shape index (κ2) is 20.1. The first kappa shape index (κ1) is 35.3. The van der Waals surface area contributed by atoms with Crippen LogP contribution in [0.5, 0.6) is 23.0 Å². The molecule has 0 fully saturated rings. The zero-order chi connectivity index (χ0) is 30.7. The number of aliphatic hydroxyl groups excluding tert-OH is 1. The first-order valence-corrected chi connectivity index (χ1v) is 16.2. The summed E-state index contributed by atoms with van der Waals surface area (Å²) < 4.78 is 5.90. The van der Waals surface area contributed by atoms with Crippen molar-refractivity contribution >= 4 is 5.97 Å². The van der Waals surface area contributed by atoms with E-state index in [0.717, 1.165) is 115 Å². The van der Waals surface area contributed by atoms with Crippen LogP contribution in [0.3, 0.4) is 0 Å². The second-order valence-corrected chi connectivity index (χ2v) is 11.7. The minimum absolute atomic E-state index is 0.0602. The molecule has 2 aromatic carbocycles. The summed E-state index contributed by atoms with van der Waals surface area (Å²) >= 11 is 0. The Morgan fingerprint density at radius 1 is 0.643 bits per heavy atom. The van der Waals surface area contributed by atoms with Crippen LogP contribution in [0.15, 0.2) is 30.3 Å². The Kier molecular flexibility index (Phi) is 16.8. The summed E-state index contributed by atoms with van der Waals surface area (Å²) in [7, 11) is 0. The number of phenols is 4. The Bertz CT molecular complexity index is 1030. The summed E-state index contributed by atoms with van der Waals surface area (Å²) in [6.07, 6.45) is 16.0. The molecular weight excluding hydrogens is 532 g/mol. The minimum Gasteiger partial charge on any atom is -0.508 e. The standard InChI is InChI=1S/C35H54O7/c1-3-15-28(36)19-13-9-6-8-12-18-27-23-31(39)25-33(40)34(27)35(41)42-32(16-4-2)20-14-10-5-7-11-17-26-21-29(37)24-30(38)22-26/h21-25,28,32,36-40H,3-20H2,1-2H3. The monoisotopic (exact) mass is 586 g/mol. The van der Waals surface area contributed by atoms with E-state index >= 15 is 0 Å². The van der Waals surface area contributed by atoms with E-state index < -0.39 is 5.97 Å². The van der Waals surface area contributed by atoms with E-state index in [2.05, 4.69) is 13.8 Å². The fraction of sp³-hybridized carbons (Fsp3) is 0.629. The number of aliphatic hydroxyl groups is 1. The minimum atomic E-state index is -0.528. The molecule has 236 valence electrons. The normalized spacial score (nSPS) is 12.7. The predicted molar refractivity (Wildman–Crippen MR) is 167 cm³/mol. The van der Waals surface area contributed by atoms with Gasteiger partial charge in [0.25, 0.3) is 0 Å². The molecule has 0 aliphatic rings. The Labute approximate surface area is 252 Å². The Morgan fingerprint density at radius 2 is 1.19 bits per heavy atom. The molecule has 0 heterocycles. The smallest absolute Gasteiger partial charge is 0.342 e. The maximum absolute atomic E-state index is 13.2. The molecule has 0 saturated heterocycles. The van der Waals surface area contributed by atoms with Crippen molar-refractivity contribution in [3.8, 4) is 23.0 Å². The van der Waals surface area contributed by atoms with Gasteiger partial charge in [0.15, 0.2) is 0 Å². The van der Waals surface area contributed by atoms with E-state index in [9.17, 15) is 30.3 Å². The number of carbonyl (C=O) groups excluding carboxylic acids is 1. The molecule has 0 saturated carbocycles. The van der Waals surface area contributed by atoms with Crippen LogP contribution in [-0.4, -0.2) is 43.7 Å². The molecule has 7 nitrogen and oxygen atoms in total. The number of ether oxygens (including phenoxy) is 1. The molecule has 42 heavy (non-hydrogen) atoms. The molecule has 0 bridgehead atoms. The molecule has 2 unspecified atom stereocenters. The van der Waals surface area contributed by atoms with Crippen molar-refractivity contribution in [1.29, 1.82) is 0 Å². The summed E-state index contributed by atoms with van der Waals surface area (Å²) in [5.41, 5.74) is 1.71. The van der Waals surface area contributed by atoms with Crippen LogP contribution in [0.1, 0.15) is 138 Å². The quantitative estimate of drug-likeness (QED) is 0.0691. The largest absolute Gasteiger partial charge is 0.508 e. The number of carbonyl (C=O) groups is 1. The Morgan fingerprint density at radius 3 is 1.83 bits per heavy atom. The van der Waals surface area contributed by atoms with Crippen molar-refractivity contribution < 1.29 is 35.1 Å². The average molecular weight is 587 g/mol. The van der Waals surface area contributed by atoms with Crippen molar-refractivity contribution in [3.05, 3.63) is 47.0 Å². The number of aromatic hydroxyl groups is 4. The van der Waals surface area contributed by atoms with Gasteiger partial charge in [-0.2, -0.15) is 0 Å². The molecule has 0 aliphatic carbocycles. The first-order valence-electron chi connectivity index (χ1n) is 16.2. The summed E-state index contributed by atoms with van der Waals surface area (Å²) in [5.74, 6) is -0.662. The highest BCUT2D eigenvalue weighted by Gasteiger charge is 2.22. The number of rotatable bonds is 22. The zero-order valence-corrected chi connectivity index (χ0v) is 25.8. The summed E-state index contributed by atoms with van der Waals surface area (Å²) in [6.45, 7) is 4.14. The maximum atomic E-state index is 13.2. The zero-order valence-electron chi connectivity index (χ0n) is 25.8. The lowest BCUT2D eigenvalue weighted by Crippen LogP contribution is -2.19. The number of aryl methyl sites for hydroxylation is 2. The van der Waals surface area contributed by atoms with Crippen LogP contribution < -0.4 is 0 Å². The predicted octanol–water partition coefficient (Wildman–Crippen LogP) is 8.46. The highest BCUT2D eigenvalue weighted by molar-refractivity contribution is 5.94. The van der Waals surface area contributed by atoms with Gasteiger partial charge in [0.2, 0.25) is 0 Å². The third-order valence-corrected chi connectivity index (χ3v) is 7.83. The second-order valence-electron chi connectivity index (χ2n) is 11.7. The topological polar surface area (TPSA) is 127 Å². The van der Waals surface area contributed by atoms with Crippen LogP contribution in [-0.2, 0) is 17.6 Å². The van der Waals surface area contributed by atoms with Gasteiger partial charge in [-0.05, 0) is 87.1 Å². The van der Waals surface area contributed by atoms with E-state index in [1.807, 2.05) is 0 Å². The number of hydrogen-bond acceptors (Lipinski definition) is 7. The van der Waals surface area contributed by atoms with Gasteiger partial charge in [-0.15, -0.1) is 0 Å². The van der Waals surface area contributed by atoms with Crippen molar-refractivity contribution in [2.45, 2.75) is 142 Å². The summed E-state index contributed by atoms with van der Waals surface area (Å²) in [5, 5.41) is 49.7. The lowest BCUT2D eigenvalue weighted by atomic mass is 9.98. The van der Waals surface area contributed by atoms with Gasteiger partial charge in [0.05, 0.1) is 6.10 Å². The molecule has 0 amide bonds. The molecule has 7 heteroatoms. The van der Waals surface area contributed by atoms with E-state index in [1.165, 1.54) is 12.1 Å².